The SMILES string of the molecule is Cc1oc(C)c(C(=NC2CCCC2)NN)c1C. The van der Waals surface area contributed by atoms with E-state index in [2.05, 4.69) is 5.43 Å². The summed E-state index contributed by atoms with van der Waals surface area (Å²) in [5.41, 5.74) is 4.88. The first-order valence-electron chi connectivity index (χ1n) is 6.25. The van der Waals surface area contributed by atoms with Crippen LogP contribution in [0.4, 0.5) is 0 Å². The number of aliphatic imine (C=N–C) groups is 1. The van der Waals surface area contributed by atoms with Crippen molar-refractivity contribution in [3.63, 3.8) is 0 Å². The van der Waals surface area contributed by atoms with Gasteiger partial charge < -0.3 is 9.84 Å². The predicted molar refractivity (Wildman–Crippen MR) is 69.0 cm³/mol. The maximum atomic E-state index is 5.62. The van der Waals surface area contributed by atoms with Crippen LogP contribution in [-0.2, 0) is 0 Å². The van der Waals surface area contributed by atoms with Gasteiger partial charge in [-0.3, -0.25) is 4.99 Å². The highest BCUT2D eigenvalue weighted by atomic mass is 16.3. The lowest BCUT2D eigenvalue weighted by Crippen LogP contribution is -2.33. The van der Waals surface area contributed by atoms with Gasteiger partial charge in [0.15, 0.2) is 0 Å². The third kappa shape index (κ3) is 2.36. The van der Waals surface area contributed by atoms with Gasteiger partial charge in [0.1, 0.15) is 17.4 Å². The first-order chi connectivity index (χ1) is 8.13. The summed E-state index contributed by atoms with van der Waals surface area (Å²) in [5.74, 6) is 8.20. The summed E-state index contributed by atoms with van der Waals surface area (Å²) in [5, 5.41) is 0. The second kappa shape index (κ2) is 4.92. The fourth-order valence-corrected chi connectivity index (χ4v) is 2.53. The zero-order valence-corrected chi connectivity index (χ0v) is 10.8. The molecule has 1 aliphatic rings. The van der Waals surface area contributed by atoms with Crippen molar-refractivity contribution in [3.8, 4) is 0 Å². The first kappa shape index (κ1) is 12.2. The molecule has 1 aromatic heterocycles. The molecule has 0 radical (unpaired) electrons. The number of nitrogens with two attached hydrogens (primary N) is 1. The van der Waals surface area contributed by atoms with Gasteiger partial charge in [-0.1, -0.05) is 12.8 Å². The Hall–Kier alpha value is -1.29. The van der Waals surface area contributed by atoms with Crippen molar-refractivity contribution >= 4 is 5.84 Å². The van der Waals surface area contributed by atoms with Crippen molar-refractivity contribution in [1.82, 2.24) is 5.43 Å². The minimum atomic E-state index is 0.412. The minimum absolute atomic E-state index is 0.412. The Balaban J connectivity index is 2.34. The van der Waals surface area contributed by atoms with Crippen LogP contribution in [0.25, 0.3) is 0 Å². The molecule has 0 saturated heterocycles. The summed E-state index contributed by atoms with van der Waals surface area (Å²) in [6.45, 7) is 5.97. The molecule has 0 bridgehead atoms. The molecule has 3 N–H and O–H groups in total. The second-order valence-electron chi connectivity index (χ2n) is 4.77. The number of hydrogen-bond donors (Lipinski definition) is 2. The highest BCUT2D eigenvalue weighted by Gasteiger charge is 2.19. The highest BCUT2D eigenvalue weighted by Crippen LogP contribution is 2.24. The maximum Gasteiger partial charge on any atom is 0.146 e. The summed E-state index contributed by atoms with van der Waals surface area (Å²) < 4.78 is 5.62. The lowest BCUT2D eigenvalue weighted by atomic mass is 10.1. The largest absolute Gasteiger partial charge is 0.466 e. The molecule has 0 aromatic carbocycles. The van der Waals surface area contributed by atoms with Crippen molar-refractivity contribution in [2.45, 2.75) is 52.5 Å². The number of hydrazine groups is 1. The van der Waals surface area contributed by atoms with Gasteiger partial charge >= 0.3 is 0 Å². The molecule has 4 nitrogen and oxygen atoms in total. The van der Waals surface area contributed by atoms with Crippen LogP contribution in [0.5, 0.6) is 0 Å². The topological polar surface area (TPSA) is 63.5 Å². The normalized spacial score (nSPS) is 17.8. The van der Waals surface area contributed by atoms with Gasteiger partial charge in [-0.15, -0.1) is 0 Å². The third-order valence-corrected chi connectivity index (χ3v) is 3.57. The van der Waals surface area contributed by atoms with Crippen LogP contribution >= 0.6 is 0 Å². The van der Waals surface area contributed by atoms with Gasteiger partial charge in [0.05, 0.1) is 11.6 Å². The van der Waals surface area contributed by atoms with Gasteiger partial charge in [0.2, 0.25) is 0 Å². The van der Waals surface area contributed by atoms with E-state index in [0.717, 1.165) is 28.5 Å². The molecule has 17 heavy (non-hydrogen) atoms. The molecule has 1 aliphatic carbocycles. The van der Waals surface area contributed by atoms with Gasteiger partial charge in [-0.05, 0) is 33.6 Å². The minimum Gasteiger partial charge on any atom is -0.466 e. The number of rotatable bonds is 2. The van der Waals surface area contributed by atoms with E-state index in [1.165, 1.54) is 25.7 Å². The van der Waals surface area contributed by atoms with Gasteiger partial charge in [-0.25, -0.2) is 5.84 Å². The molecule has 1 heterocycles. The van der Waals surface area contributed by atoms with Gasteiger partial charge in [0, 0.05) is 5.56 Å². The number of amidine groups is 1. The molecule has 4 heteroatoms. The molecule has 1 fully saturated rings. The molecule has 0 spiro atoms. The van der Waals surface area contributed by atoms with Gasteiger partial charge in [-0.2, -0.15) is 0 Å². The zero-order valence-electron chi connectivity index (χ0n) is 10.8. The molecule has 1 aromatic rings. The smallest absolute Gasteiger partial charge is 0.146 e. The first-order valence-corrected chi connectivity index (χ1v) is 6.25. The number of nitrogens with one attached hydrogen (secondary N) is 1. The maximum absolute atomic E-state index is 5.62. The van der Waals surface area contributed by atoms with Crippen molar-refractivity contribution < 1.29 is 4.42 Å². The second-order valence-corrected chi connectivity index (χ2v) is 4.77. The fraction of sp³-hybridized carbons (Fsp3) is 0.615. The summed E-state index contributed by atoms with van der Waals surface area (Å²) >= 11 is 0. The van der Waals surface area contributed by atoms with Crippen molar-refractivity contribution in [2.24, 2.45) is 10.8 Å². The Labute approximate surface area is 102 Å². The van der Waals surface area contributed by atoms with E-state index in [4.69, 9.17) is 15.3 Å². The summed E-state index contributed by atoms with van der Waals surface area (Å²) in [4.78, 5) is 4.72. The summed E-state index contributed by atoms with van der Waals surface area (Å²) in [6.07, 6.45) is 4.88. The van der Waals surface area contributed by atoms with E-state index in [1.54, 1.807) is 0 Å². The quantitative estimate of drug-likeness (QED) is 0.358. The monoisotopic (exact) mass is 235 g/mol. The Kier molecular flexibility index (Phi) is 3.52. The van der Waals surface area contributed by atoms with Crippen LogP contribution in [0.1, 0.15) is 48.3 Å². The molecule has 0 unspecified atom stereocenters. The van der Waals surface area contributed by atoms with E-state index in [-0.39, 0.29) is 0 Å². The van der Waals surface area contributed by atoms with Crippen LogP contribution in [0.2, 0.25) is 0 Å². The standard InChI is InChI=1S/C13H21N3O/c1-8-9(2)17-10(3)12(8)13(16-14)15-11-6-4-5-7-11/h11H,4-7,14H2,1-3H3,(H,15,16). The van der Waals surface area contributed by atoms with Crippen LogP contribution in [0.3, 0.4) is 0 Å². The average Bonchev–Trinajstić information content (AvgIpc) is 2.87. The third-order valence-electron chi connectivity index (χ3n) is 3.57. The van der Waals surface area contributed by atoms with E-state index in [1.807, 2.05) is 20.8 Å². The molecule has 0 amide bonds. The Morgan fingerprint density at radius 2 is 1.88 bits per heavy atom. The summed E-state index contributed by atoms with van der Waals surface area (Å²) in [7, 11) is 0. The lowest BCUT2D eigenvalue weighted by molar-refractivity contribution is 0.502. The Morgan fingerprint density at radius 3 is 2.35 bits per heavy atom. The van der Waals surface area contributed by atoms with Crippen molar-refractivity contribution in [3.05, 3.63) is 22.6 Å². The average molecular weight is 235 g/mol. The molecule has 0 aliphatic heterocycles. The predicted octanol–water partition coefficient (Wildman–Crippen LogP) is 2.36. The number of furan rings is 1. The molecule has 2 rings (SSSR count). The Bertz CT molecular complexity index is 428. The zero-order chi connectivity index (χ0) is 12.4. The molecular weight excluding hydrogens is 214 g/mol. The van der Waals surface area contributed by atoms with E-state index < -0.39 is 0 Å². The van der Waals surface area contributed by atoms with Crippen LogP contribution in [0.15, 0.2) is 9.41 Å². The van der Waals surface area contributed by atoms with Crippen LogP contribution < -0.4 is 11.3 Å². The van der Waals surface area contributed by atoms with Crippen molar-refractivity contribution in [2.75, 3.05) is 0 Å². The van der Waals surface area contributed by atoms with Crippen molar-refractivity contribution in [1.29, 1.82) is 0 Å². The molecule has 94 valence electrons. The number of hydrogen-bond acceptors (Lipinski definition) is 3. The van der Waals surface area contributed by atoms with E-state index >= 15 is 0 Å². The fourth-order valence-electron chi connectivity index (χ4n) is 2.53. The number of aryl methyl sites for hydroxylation is 2. The lowest BCUT2D eigenvalue weighted by Gasteiger charge is -2.09. The van der Waals surface area contributed by atoms with Gasteiger partial charge in [0.25, 0.3) is 0 Å². The van der Waals surface area contributed by atoms with Crippen LogP contribution in [-0.4, -0.2) is 11.9 Å². The Morgan fingerprint density at radius 1 is 1.24 bits per heavy atom. The van der Waals surface area contributed by atoms with E-state index in [9.17, 15) is 0 Å². The molecule has 0 atom stereocenters. The highest BCUT2D eigenvalue weighted by molar-refractivity contribution is 6.00. The van der Waals surface area contributed by atoms with E-state index in [0.29, 0.717) is 6.04 Å². The number of nitrogens with zero attached hydrogens (tertiary/aromatic N) is 1. The summed E-state index contributed by atoms with van der Waals surface area (Å²) in [6, 6.07) is 0.412. The molecular formula is C13H21N3O. The molecule has 1 saturated carbocycles. The van der Waals surface area contributed by atoms with Crippen LogP contribution in [0, 0.1) is 20.8 Å².